The van der Waals surface area contributed by atoms with E-state index in [1.807, 2.05) is 6.92 Å². The Balaban J connectivity index is 1.72. The minimum atomic E-state index is 0.0282. The van der Waals surface area contributed by atoms with Crippen LogP contribution in [0.15, 0.2) is 24.3 Å². The van der Waals surface area contributed by atoms with Crippen molar-refractivity contribution in [3.8, 4) is 0 Å². The number of methoxy groups -OCH3 is 1. The fourth-order valence-corrected chi connectivity index (χ4v) is 2.56. The van der Waals surface area contributed by atoms with Crippen molar-refractivity contribution in [2.45, 2.75) is 31.8 Å². The number of amides is 1. The van der Waals surface area contributed by atoms with Gasteiger partial charge in [0.25, 0.3) is 0 Å². The lowest BCUT2D eigenvalue weighted by atomic mass is 10.1. The van der Waals surface area contributed by atoms with Gasteiger partial charge < -0.3 is 15.4 Å². The Labute approximate surface area is 114 Å². The van der Waals surface area contributed by atoms with E-state index in [1.165, 1.54) is 11.1 Å². The van der Waals surface area contributed by atoms with Crippen LogP contribution in [-0.2, 0) is 22.4 Å². The summed E-state index contributed by atoms with van der Waals surface area (Å²) in [5.41, 5.74) is 2.79. The normalized spacial score (nSPS) is 16.1. The summed E-state index contributed by atoms with van der Waals surface area (Å²) in [6.45, 7) is 2.85. The summed E-state index contributed by atoms with van der Waals surface area (Å²) in [6, 6.07) is 8.90. The first-order chi connectivity index (χ1) is 9.19. The molecule has 0 heterocycles. The summed E-state index contributed by atoms with van der Waals surface area (Å²) >= 11 is 0. The Kier molecular flexibility index (Phi) is 4.93. The zero-order valence-corrected chi connectivity index (χ0v) is 11.6. The molecule has 2 N–H and O–H groups in total. The van der Waals surface area contributed by atoms with E-state index in [4.69, 9.17) is 4.74 Å². The standard InChI is InChI=1S/C15H22N2O2/c1-11(10-19-2)17-15(18)9-16-14-7-12-5-3-4-6-13(12)8-14/h3-6,11,14,16H,7-10H2,1-2H3,(H,17,18). The van der Waals surface area contributed by atoms with Gasteiger partial charge in [-0.2, -0.15) is 0 Å². The molecule has 4 heteroatoms. The van der Waals surface area contributed by atoms with Crippen molar-refractivity contribution < 1.29 is 9.53 Å². The van der Waals surface area contributed by atoms with E-state index < -0.39 is 0 Å². The van der Waals surface area contributed by atoms with E-state index in [1.54, 1.807) is 7.11 Å². The molecule has 1 amide bonds. The number of ether oxygens (including phenoxy) is 1. The van der Waals surface area contributed by atoms with Crippen LogP contribution in [0.3, 0.4) is 0 Å². The molecule has 0 fully saturated rings. The SMILES string of the molecule is COCC(C)NC(=O)CNC1Cc2ccccc2C1. The van der Waals surface area contributed by atoms with Crippen molar-refractivity contribution in [1.29, 1.82) is 0 Å². The van der Waals surface area contributed by atoms with Gasteiger partial charge >= 0.3 is 0 Å². The number of carbonyl (C=O) groups excluding carboxylic acids is 1. The molecule has 1 aromatic carbocycles. The van der Waals surface area contributed by atoms with Crippen LogP contribution in [0.25, 0.3) is 0 Å². The van der Waals surface area contributed by atoms with E-state index in [-0.39, 0.29) is 11.9 Å². The second kappa shape index (κ2) is 6.68. The van der Waals surface area contributed by atoms with Crippen LogP contribution in [-0.4, -0.2) is 38.3 Å². The number of hydrogen-bond acceptors (Lipinski definition) is 3. The molecule has 0 bridgehead atoms. The molecule has 1 aromatic rings. The topological polar surface area (TPSA) is 50.4 Å². The van der Waals surface area contributed by atoms with Gasteiger partial charge in [0.15, 0.2) is 0 Å². The molecule has 2 rings (SSSR count). The maximum atomic E-state index is 11.7. The summed E-state index contributed by atoms with van der Waals surface area (Å²) in [4.78, 5) is 11.7. The van der Waals surface area contributed by atoms with Crippen LogP contribution in [0.5, 0.6) is 0 Å². The van der Waals surface area contributed by atoms with E-state index >= 15 is 0 Å². The lowest BCUT2D eigenvalue weighted by molar-refractivity contribution is -0.121. The number of fused-ring (bicyclic) bond motifs is 1. The first-order valence-corrected chi connectivity index (χ1v) is 6.77. The fourth-order valence-electron chi connectivity index (χ4n) is 2.56. The molecular weight excluding hydrogens is 240 g/mol. The summed E-state index contributed by atoms with van der Waals surface area (Å²) in [7, 11) is 1.64. The lowest BCUT2D eigenvalue weighted by Crippen LogP contribution is -2.43. The third kappa shape index (κ3) is 4.04. The summed E-state index contributed by atoms with van der Waals surface area (Å²) in [5.74, 6) is 0.0282. The smallest absolute Gasteiger partial charge is 0.234 e. The maximum absolute atomic E-state index is 11.7. The van der Waals surface area contributed by atoms with Crippen LogP contribution in [0.4, 0.5) is 0 Å². The van der Waals surface area contributed by atoms with Gasteiger partial charge in [-0.15, -0.1) is 0 Å². The molecule has 0 spiro atoms. The number of nitrogens with one attached hydrogen (secondary N) is 2. The molecule has 1 unspecified atom stereocenters. The number of hydrogen-bond donors (Lipinski definition) is 2. The third-order valence-electron chi connectivity index (χ3n) is 3.43. The number of carbonyl (C=O) groups is 1. The van der Waals surface area contributed by atoms with E-state index in [0.717, 1.165) is 12.8 Å². The third-order valence-corrected chi connectivity index (χ3v) is 3.43. The summed E-state index contributed by atoms with van der Waals surface area (Å²) in [5, 5.41) is 6.22. The van der Waals surface area contributed by atoms with Gasteiger partial charge in [-0.1, -0.05) is 24.3 Å². The maximum Gasteiger partial charge on any atom is 0.234 e. The number of benzene rings is 1. The zero-order valence-electron chi connectivity index (χ0n) is 11.6. The molecule has 0 aromatic heterocycles. The van der Waals surface area contributed by atoms with Crippen molar-refractivity contribution in [1.82, 2.24) is 10.6 Å². The molecule has 1 atom stereocenters. The van der Waals surface area contributed by atoms with Gasteiger partial charge in [-0.05, 0) is 30.9 Å². The Morgan fingerprint density at radius 1 is 1.37 bits per heavy atom. The highest BCUT2D eigenvalue weighted by atomic mass is 16.5. The Bertz CT molecular complexity index is 409. The van der Waals surface area contributed by atoms with Gasteiger partial charge in [-0.25, -0.2) is 0 Å². The first-order valence-electron chi connectivity index (χ1n) is 6.77. The van der Waals surface area contributed by atoms with Crippen molar-refractivity contribution >= 4 is 5.91 Å². The van der Waals surface area contributed by atoms with Crippen LogP contribution in [0.1, 0.15) is 18.1 Å². The van der Waals surface area contributed by atoms with Gasteiger partial charge in [0, 0.05) is 19.2 Å². The molecular formula is C15H22N2O2. The van der Waals surface area contributed by atoms with Crippen molar-refractivity contribution in [3.63, 3.8) is 0 Å². The molecule has 0 saturated carbocycles. The van der Waals surface area contributed by atoms with Gasteiger partial charge in [-0.3, -0.25) is 4.79 Å². The van der Waals surface area contributed by atoms with Gasteiger partial charge in [0.1, 0.15) is 0 Å². The van der Waals surface area contributed by atoms with Gasteiger partial charge in [0.2, 0.25) is 5.91 Å². The van der Waals surface area contributed by atoms with Gasteiger partial charge in [0.05, 0.1) is 13.2 Å². The van der Waals surface area contributed by atoms with Crippen molar-refractivity contribution in [3.05, 3.63) is 35.4 Å². The highest BCUT2D eigenvalue weighted by molar-refractivity contribution is 5.78. The Morgan fingerprint density at radius 3 is 2.58 bits per heavy atom. The highest BCUT2D eigenvalue weighted by Crippen LogP contribution is 2.21. The Hall–Kier alpha value is -1.39. The molecule has 104 valence electrons. The van der Waals surface area contributed by atoms with E-state index in [0.29, 0.717) is 19.2 Å². The van der Waals surface area contributed by atoms with Crippen molar-refractivity contribution in [2.75, 3.05) is 20.3 Å². The van der Waals surface area contributed by atoms with E-state index in [2.05, 4.69) is 34.9 Å². The molecule has 1 aliphatic rings. The molecule has 0 radical (unpaired) electrons. The molecule has 4 nitrogen and oxygen atoms in total. The second-order valence-electron chi connectivity index (χ2n) is 5.18. The van der Waals surface area contributed by atoms with Crippen LogP contribution < -0.4 is 10.6 Å². The first kappa shape index (κ1) is 14.0. The predicted molar refractivity (Wildman–Crippen MR) is 75.1 cm³/mol. The number of rotatable bonds is 6. The Morgan fingerprint density at radius 2 is 2.00 bits per heavy atom. The van der Waals surface area contributed by atoms with Crippen LogP contribution >= 0.6 is 0 Å². The summed E-state index contributed by atoms with van der Waals surface area (Å²) in [6.07, 6.45) is 2.02. The zero-order chi connectivity index (χ0) is 13.7. The van der Waals surface area contributed by atoms with Crippen LogP contribution in [0, 0.1) is 0 Å². The molecule has 0 aliphatic heterocycles. The minimum absolute atomic E-state index is 0.0282. The van der Waals surface area contributed by atoms with E-state index in [9.17, 15) is 4.79 Å². The second-order valence-corrected chi connectivity index (χ2v) is 5.18. The highest BCUT2D eigenvalue weighted by Gasteiger charge is 2.21. The predicted octanol–water partition coefficient (Wildman–Crippen LogP) is 0.895. The largest absolute Gasteiger partial charge is 0.383 e. The summed E-state index contributed by atoms with van der Waals surface area (Å²) < 4.78 is 4.99. The molecule has 19 heavy (non-hydrogen) atoms. The molecule has 1 aliphatic carbocycles. The minimum Gasteiger partial charge on any atom is -0.383 e. The lowest BCUT2D eigenvalue weighted by Gasteiger charge is -2.15. The van der Waals surface area contributed by atoms with Crippen molar-refractivity contribution in [2.24, 2.45) is 0 Å². The molecule has 0 saturated heterocycles. The monoisotopic (exact) mass is 262 g/mol. The van der Waals surface area contributed by atoms with Crippen LogP contribution in [0.2, 0.25) is 0 Å². The quantitative estimate of drug-likeness (QED) is 0.800. The average Bonchev–Trinajstić information content (AvgIpc) is 2.79. The average molecular weight is 262 g/mol. The fraction of sp³-hybridized carbons (Fsp3) is 0.533.